The lowest BCUT2D eigenvalue weighted by Crippen LogP contribution is -2.18. The first-order valence-corrected chi connectivity index (χ1v) is 7.00. The predicted octanol–water partition coefficient (Wildman–Crippen LogP) is 2.76. The van der Waals surface area contributed by atoms with Gasteiger partial charge in [-0.3, -0.25) is 0 Å². The average Bonchev–Trinajstić information content (AvgIpc) is 2.76. The Balaban J connectivity index is 2.50. The van der Waals surface area contributed by atoms with Crippen molar-refractivity contribution in [3.05, 3.63) is 11.7 Å². The van der Waals surface area contributed by atoms with Gasteiger partial charge < -0.3 is 10.3 Å². The average molecular weight is 243 g/mol. The number of hydrogen-bond acceptors (Lipinski definition) is 5. The highest BCUT2D eigenvalue weighted by Crippen LogP contribution is 2.21. The second kappa shape index (κ2) is 6.91. The molecule has 5 heteroatoms. The lowest BCUT2D eigenvalue weighted by molar-refractivity contribution is 0.311. The van der Waals surface area contributed by atoms with Gasteiger partial charge in [-0.25, -0.2) is 0 Å². The molecule has 1 aromatic heterocycles. The Morgan fingerprint density at radius 1 is 1.44 bits per heavy atom. The molecule has 0 unspecified atom stereocenters. The zero-order valence-electron chi connectivity index (χ0n) is 10.3. The molecule has 1 heterocycles. The maximum Gasteiger partial charge on any atom is 0.243 e. The van der Waals surface area contributed by atoms with E-state index in [0.29, 0.717) is 11.8 Å². The summed E-state index contributed by atoms with van der Waals surface area (Å²) in [6.07, 6.45) is 2.19. The van der Waals surface area contributed by atoms with Crippen molar-refractivity contribution < 1.29 is 4.52 Å². The first-order valence-electron chi connectivity index (χ1n) is 5.84. The Bertz CT molecular complexity index is 303. The van der Waals surface area contributed by atoms with Crippen molar-refractivity contribution in [1.29, 1.82) is 0 Å². The van der Waals surface area contributed by atoms with Crippen LogP contribution in [0.25, 0.3) is 0 Å². The van der Waals surface area contributed by atoms with Crippen LogP contribution in [0.1, 0.15) is 51.4 Å². The molecule has 92 valence electrons. The third-order valence-electron chi connectivity index (χ3n) is 2.61. The first kappa shape index (κ1) is 13.5. The Labute approximate surface area is 101 Å². The molecule has 1 aromatic rings. The molecule has 0 aromatic carbocycles. The second-order valence-electron chi connectivity index (χ2n) is 4.01. The summed E-state index contributed by atoms with van der Waals surface area (Å²) < 4.78 is 5.18. The van der Waals surface area contributed by atoms with Gasteiger partial charge in [0.2, 0.25) is 5.89 Å². The molecule has 0 fully saturated rings. The molecule has 2 N–H and O–H groups in total. The fraction of sp³-hybridized carbons (Fsp3) is 0.818. The molecule has 0 spiro atoms. The molecule has 0 aliphatic rings. The zero-order valence-corrected chi connectivity index (χ0v) is 11.1. The van der Waals surface area contributed by atoms with Gasteiger partial charge in [0.1, 0.15) is 0 Å². The number of thioether (sulfide) groups is 1. The third kappa shape index (κ3) is 3.79. The largest absolute Gasteiger partial charge is 0.338 e. The standard InChI is InChI=1S/C11H21N3OS/c1-4-6-16-7-9-13-11(15-14-9)10(12)8(3)5-2/h8,10H,4-7,12H2,1-3H3/t8-,10-/m0/s1. The molecule has 0 radical (unpaired) electrons. The van der Waals surface area contributed by atoms with E-state index in [-0.39, 0.29) is 6.04 Å². The van der Waals surface area contributed by atoms with Gasteiger partial charge in [0.25, 0.3) is 0 Å². The van der Waals surface area contributed by atoms with E-state index in [4.69, 9.17) is 10.3 Å². The molecule has 16 heavy (non-hydrogen) atoms. The van der Waals surface area contributed by atoms with E-state index in [2.05, 4.69) is 30.9 Å². The van der Waals surface area contributed by atoms with Crippen molar-refractivity contribution in [1.82, 2.24) is 10.1 Å². The summed E-state index contributed by atoms with van der Waals surface area (Å²) in [5.74, 6) is 3.64. The van der Waals surface area contributed by atoms with Crippen molar-refractivity contribution in [3.63, 3.8) is 0 Å². The smallest absolute Gasteiger partial charge is 0.243 e. The number of rotatable bonds is 7. The molecule has 0 saturated heterocycles. The number of nitrogens with zero attached hydrogens (tertiary/aromatic N) is 2. The van der Waals surface area contributed by atoms with Crippen LogP contribution < -0.4 is 5.73 Å². The van der Waals surface area contributed by atoms with E-state index < -0.39 is 0 Å². The lowest BCUT2D eigenvalue weighted by Gasteiger charge is -2.12. The van der Waals surface area contributed by atoms with Gasteiger partial charge in [-0.1, -0.05) is 32.3 Å². The Morgan fingerprint density at radius 3 is 2.81 bits per heavy atom. The summed E-state index contributed by atoms with van der Waals surface area (Å²) >= 11 is 1.82. The minimum absolute atomic E-state index is 0.137. The number of aromatic nitrogens is 2. The Kier molecular flexibility index (Phi) is 5.84. The van der Waals surface area contributed by atoms with Crippen LogP contribution in [0, 0.1) is 5.92 Å². The summed E-state index contributed by atoms with van der Waals surface area (Å²) in [6.45, 7) is 6.37. The normalized spacial score (nSPS) is 15.0. The van der Waals surface area contributed by atoms with Gasteiger partial charge in [0.15, 0.2) is 5.82 Å². The molecule has 0 amide bonds. The molecular formula is C11H21N3OS. The van der Waals surface area contributed by atoms with E-state index in [1.54, 1.807) is 0 Å². The van der Waals surface area contributed by atoms with Crippen molar-refractivity contribution in [2.24, 2.45) is 11.7 Å². The minimum atomic E-state index is -0.137. The topological polar surface area (TPSA) is 64.9 Å². The zero-order chi connectivity index (χ0) is 12.0. The van der Waals surface area contributed by atoms with Crippen LogP contribution >= 0.6 is 11.8 Å². The van der Waals surface area contributed by atoms with Crippen LogP contribution in [0.2, 0.25) is 0 Å². The van der Waals surface area contributed by atoms with Gasteiger partial charge in [0, 0.05) is 0 Å². The van der Waals surface area contributed by atoms with Gasteiger partial charge >= 0.3 is 0 Å². The molecule has 4 nitrogen and oxygen atoms in total. The van der Waals surface area contributed by atoms with E-state index in [1.165, 1.54) is 6.42 Å². The Morgan fingerprint density at radius 2 is 2.19 bits per heavy atom. The highest BCUT2D eigenvalue weighted by molar-refractivity contribution is 7.98. The van der Waals surface area contributed by atoms with Gasteiger partial charge in [-0.2, -0.15) is 16.7 Å². The number of hydrogen-bond donors (Lipinski definition) is 1. The number of nitrogens with two attached hydrogens (primary N) is 1. The van der Waals surface area contributed by atoms with Gasteiger partial charge in [-0.05, 0) is 18.1 Å². The van der Waals surface area contributed by atoms with Crippen molar-refractivity contribution in [2.75, 3.05) is 5.75 Å². The summed E-state index contributed by atoms with van der Waals surface area (Å²) in [5, 5.41) is 3.94. The molecular weight excluding hydrogens is 222 g/mol. The Hall–Kier alpha value is -0.550. The summed E-state index contributed by atoms with van der Waals surface area (Å²) in [4.78, 5) is 4.33. The molecule has 1 rings (SSSR count). The van der Waals surface area contributed by atoms with E-state index in [1.807, 2.05) is 11.8 Å². The lowest BCUT2D eigenvalue weighted by atomic mass is 10.0. The van der Waals surface area contributed by atoms with Gasteiger partial charge in [-0.15, -0.1) is 0 Å². The fourth-order valence-electron chi connectivity index (χ4n) is 1.27. The first-order chi connectivity index (χ1) is 7.69. The van der Waals surface area contributed by atoms with Crippen LogP contribution in [0.5, 0.6) is 0 Å². The van der Waals surface area contributed by atoms with E-state index in [9.17, 15) is 0 Å². The maximum atomic E-state index is 6.01. The quantitative estimate of drug-likeness (QED) is 0.746. The van der Waals surface area contributed by atoms with E-state index >= 15 is 0 Å². The highest BCUT2D eigenvalue weighted by atomic mass is 32.2. The van der Waals surface area contributed by atoms with E-state index in [0.717, 1.165) is 23.8 Å². The summed E-state index contributed by atoms with van der Waals surface area (Å²) in [5.41, 5.74) is 6.01. The predicted molar refractivity (Wildman–Crippen MR) is 67.1 cm³/mol. The van der Waals surface area contributed by atoms with Gasteiger partial charge in [0.05, 0.1) is 11.8 Å². The molecule has 0 aliphatic heterocycles. The van der Waals surface area contributed by atoms with Crippen LogP contribution in [0.15, 0.2) is 4.52 Å². The monoisotopic (exact) mass is 243 g/mol. The minimum Gasteiger partial charge on any atom is -0.338 e. The molecule has 0 bridgehead atoms. The molecule has 0 saturated carbocycles. The van der Waals surface area contributed by atoms with Crippen molar-refractivity contribution in [3.8, 4) is 0 Å². The van der Waals surface area contributed by atoms with Crippen molar-refractivity contribution in [2.45, 2.75) is 45.4 Å². The third-order valence-corrected chi connectivity index (χ3v) is 3.76. The summed E-state index contributed by atoms with van der Waals surface area (Å²) in [6, 6.07) is -0.137. The van der Waals surface area contributed by atoms with Crippen LogP contribution in [0.4, 0.5) is 0 Å². The molecule has 0 aliphatic carbocycles. The molecule has 2 atom stereocenters. The maximum absolute atomic E-state index is 6.01. The highest BCUT2D eigenvalue weighted by Gasteiger charge is 2.19. The summed E-state index contributed by atoms with van der Waals surface area (Å²) in [7, 11) is 0. The van der Waals surface area contributed by atoms with Crippen LogP contribution in [-0.2, 0) is 5.75 Å². The van der Waals surface area contributed by atoms with Crippen LogP contribution in [-0.4, -0.2) is 15.9 Å². The van der Waals surface area contributed by atoms with Crippen molar-refractivity contribution >= 4 is 11.8 Å². The van der Waals surface area contributed by atoms with Crippen LogP contribution in [0.3, 0.4) is 0 Å². The SMILES string of the molecule is CCCSCc1noc([C@@H](N)[C@@H](C)CC)n1. The fourth-order valence-corrected chi connectivity index (χ4v) is 2.00. The second-order valence-corrected chi connectivity index (χ2v) is 5.12.